The van der Waals surface area contributed by atoms with Crippen LogP contribution in [0, 0.1) is 0 Å². The molecule has 3 heterocycles. The van der Waals surface area contributed by atoms with E-state index in [1.807, 2.05) is 9.80 Å². The van der Waals surface area contributed by atoms with Crippen LogP contribution in [0.4, 0.5) is 25.1 Å². The normalized spacial score (nSPS) is 17.9. The summed E-state index contributed by atoms with van der Waals surface area (Å²) in [6, 6.07) is 2.55. The molecule has 2 fully saturated rings. The van der Waals surface area contributed by atoms with Crippen molar-refractivity contribution in [1.82, 2.24) is 19.7 Å². The van der Waals surface area contributed by atoms with Crippen molar-refractivity contribution >= 4 is 27.8 Å². The summed E-state index contributed by atoms with van der Waals surface area (Å²) in [4.78, 5) is 28.8. The van der Waals surface area contributed by atoms with Crippen molar-refractivity contribution < 1.29 is 31.1 Å². The summed E-state index contributed by atoms with van der Waals surface area (Å²) in [6.45, 7) is 2.70. The third-order valence-electron chi connectivity index (χ3n) is 5.87. The van der Waals surface area contributed by atoms with Crippen LogP contribution in [0.1, 0.15) is 28.8 Å². The molecule has 0 bridgehead atoms. The van der Waals surface area contributed by atoms with Crippen molar-refractivity contribution in [2.24, 2.45) is 5.73 Å². The summed E-state index contributed by atoms with van der Waals surface area (Å²) in [5.74, 6) is -0.526. The lowest BCUT2D eigenvalue weighted by atomic mass is 10.0. The molecule has 2 aliphatic heterocycles. The molecule has 11 nitrogen and oxygen atoms in total. The van der Waals surface area contributed by atoms with E-state index >= 15 is 0 Å². The van der Waals surface area contributed by atoms with Gasteiger partial charge in [-0.1, -0.05) is 0 Å². The molecule has 0 spiro atoms. The first-order chi connectivity index (χ1) is 16.9. The number of alkyl halides is 3. The van der Waals surface area contributed by atoms with Gasteiger partial charge in [-0.3, -0.25) is 4.79 Å². The molecule has 0 unspecified atom stereocenters. The Morgan fingerprint density at radius 1 is 1.03 bits per heavy atom. The number of sulfonamides is 1. The van der Waals surface area contributed by atoms with Gasteiger partial charge in [0.15, 0.2) is 5.82 Å². The number of hydrogen-bond acceptors (Lipinski definition) is 9. The Balaban J connectivity index is 1.73. The Bertz CT molecular complexity index is 1230. The summed E-state index contributed by atoms with van der Waals surface area (Å²) in [6.07, 6.45) is -2.62. The number of piperidine rings is 1. The lowest BCUT2D eigenvalue weighted by Gasteiger charge is -2.33. The number of primary amides is 1. The molecular formula is C21H26F3N7O4S. The fourth-order valence-corrected chi connectivity index (χ4v) is 4.93. The maximum absolute atomic E-state index is 13.5. The van der Waals surface area contributed by atoms with E-state index in [0.29, 0.717) is 58.3 Å². The molecule has 0 radical (unpaired) electrons. The highest BCUT2D eigenvalue weighted by Crippen LogP contribution is 2.33. The fraction of sp³-hybridized carbons (Fsp3) is 0.524. The third kappa shape index (κ3) is 6.39. The number of halogens is 3. The molecule has 2 aliphatic rings. The minimum absolute atomic E-state index is 0.0228. The van der Waals surface area contributed by atoms with E-state index in [-0.39, 0.29) is 34.9 Å². The summed E-state index contributed by atoms with van der Waals surface area (Å²) >= 11 is 0. The average molecular weight is 530 g/mol. The molecule has 36 heavy (non-hydrogen) atoms. The monoisotopic (exact) mass is 529 g/mol. The van der Waals surface area contributed by atoms with E-state index in [4.69, 9.17) is 10.5 Å². The van der Waals surface area contributed by atoms with Crippen molar-refractivity contribution in [1.29, 1.82) is 0 Å². The van der Waals surface area contributed by atoms with Gasteiger partial charge < -0.3 is 20.3 Å². The maximum Gasteiger partial charge on any atom is 0.416 e. The van der Waals surface area contributed by atoms with Gasteiger partial charge in [0.2, 0.25) is 27.8 Å². The second-order valence-corrected chi connectivity index (χ2v) is 10.5. The smallest absolute Gasteiger partial charge is 0.378 e. The minimum atomic E-state index is -4.71. The molecule has 3 N–H and O–H groups in total. The zero-order valence-electron chi connectivity index (χ0n) is 19.5. The molecule has 1 aromatic carbocycles. The number of aromatic nitrogens is 3. The number of hydrogen-bond donors (Lipinski definition) is 2. The number of amides is 1. The van der Waals surface area contributed by atoms with Crippen molar-refractivity contribution in [3.63, 3.8) is 0 Å². The van der Waals surface area contributed by atoms with Crippen molar-refractivity contribution in [3.8, 4) is 11.4 Å². The summed E-state index contributed by atoms with van der Waals surface area (Å²) in [5, 5.41) is 0. The summed E-state index contributed by atoms with van der Waals surface area (Å²) in [5.41, 5.74) is 3.90. The molecule has 0 atom stereocenters. The quantitative estimate of drug-likeness (QED) is 0.560. The van der Waals surface area contributed by atoms with Gasteiger partial charge in [-0.15, -0.1) is 0 Å². The Morgan fingerprint density at radius 2 is 1.61 bits per heavy atom. The van der Waals surface area contributed by atoms with E-state index in [1.54, 1.807) is 0 Å². The highest BCUT2D eigenvalue weighted by Gasteiger charge is 2.32. The number of anilines is 2. The van der Waals surface area contributed by atoms with E-state index in [9.17, 15) is 26.4 Å². The van der Waals surface area contributed by atoms with Gasteiger partial charge >= 0.3 is 6.18 Å². The number of carbonyl (C=O) groups excluding carboxylic acids is 1. The van der Waals surface area contributed by atoms with Gasteiger partial charge in [-0.05, 0) is 31.0 Å². The average Bonchev–Trinajstić information content (AvgIpc) is 2.83. The predicted molar refractivity (Wildman–Crippen MR) is 125 cm³/mol. The number of morpholine rings is 1. The molecule has 4 rings (SSSR count). The predicted octanol–water partition coefficient (Wildman–Crippen LogP) is 1.01. The summed E-state index contributed by atoms with van der Waals surface area (Å²) in [7, 11) is -3.36. The van der Waals surface area contributed by atoms with Crippen molar-refractivity contribution in [3.05, 3.63) is 29.3 Å². The van der Waals surface area contributed by atoms with Crippen LogP contribution in [-0.4, -0.2) is 81.0 Å². The Labute approximate surface area is 205 Å². The molecule has 2 aromatic rings. The number of rotatable bonds is 6. The van der Waals surface area contributed by atoms with Crippen LogP contribution in [0.15, 0.2) is 18.2 Å². The molecule has 1 amide bonds. The SMILES string of the molecule is CS(=O)(=O)NC1CCN(c2nc(-c3cc(C(N)=O)cc(C(F)(F)F)c3)nc(N3CCOCC3)n2)CC1. The van der Waals surface area contributed by atoms with Crippen LogP contribution in [0.3, 0.4) is 0 Å². The topological polar surface area (TPSA) is 144 Å². The highest BCUT2D eigenvalue weighted by molar-refractivity contribution is 7.88. The second-order valence-electron chi connectivity index (χ2n) is 8.67. The van der Waals surface area contributed by atoms with Crippen LogP contribution < -0.4 is 20.3 Å². The Hall–Kier alpha value is -3.04. The van der Waals surface area contributed by atoms with Crippen LogP contribution >= 0.6 is 0 Å². The van der Waals surface area contributed by atoms with Gasteiger partial charge in [0, 0.05) is 43.3 Å². The zero-order valence-corrected chi connectivity index (χ0v) is 20.3. The van der Waals surface area contributed by atoms with Crippen molar-refractivity contribution in [2.45, 2.75) is 25.1 Å². The van der Waals surface area contributed by atoms with Gasteiger partial charge in [-0.25, -0.2) is 13.1 Å². The van der Waals surface area contributed by atoms with E-state index in [1.165, 1.54) is 6.07 Å². The van der Waals surface area contributed by atoms with E-state index in [0.717, 1.165) is 12.3 Å². The van der Waals surface area contributed by atoms with Crippen LogP contribution in [0.25, 0.3) is 11.4 Å². The Kier molecular flexibility index (Phi) is 7.33. The van der Waals surface area contributed by atoms with Crippen LogP contribution in [0.5, 0.6) is 0 Å². The van der Waals surface area contributed by atoms with Gasteiger partial charge in [-0.2, -0.15) is 28.1 Å². The second kappa shape index (κ2) is 10.1. The first-order valence-corrected chi connectivity index (χ1v) is 13.1. The lowest BCUT2D eigenvalue weighted by molar-refractivity contribution is -0.137. The lowest BCUT2D eigenvalue weighted by Crippen LogP contribution is -2.45. The van der Waals surface area contributed by atoms with Gasteiger partial charge in [0.1, 0.15) is 0 Å². The molecular weight excluding hydrogens is 503 g/mol. The summed E-state index contributed by atoms with van der Waals surface area (Å²) < 4.78 is 71.7. The fourth-order valence-electron chi connectivity index (χ4n) is 4.09. The maximum atomic E-state index is 13.5. The molecule has 2 saturated heterocycles. The first-order valence-electron chi connectivity index (χ1n) is 11.2. The van der Waals surface area contributed by atoms with Gasteiger partial charge in [0.05, 0.1) is 25.0 Å². The number of ether oxygens (including phenoxy) is 1. The number of nitrogens with zero attached hydrogens (tertiary/aromatic N) is 5. The van der Waals surface area contributed by atoms with Gasteiger partial charge in [0.25, 0.3) is 0 Å². The molecule has 196 valence electrons. The first kappa shape index (κ1) is 26.0. The molecule has 1 aromatic heterocycles. The number of carbonyl (C=O) groups is 1. The molecule has 0 saturated carbocycles. The van der Waals surface area contributed by atoms with Crippen LogP contribution in [-0.2, 0) is 20.9 Å². The number of nitrogens with two attached hydrogens (primary N) is 1. The molecule has 0 aliphatic carbocycles. The van der Waals surface area contributed by atoms with Crippen LogP contribution in [0.2, 0.25) is 0 Å². The number of benzene rings is 1. The third-order valence-corrected chi connectivity index (χ3v) is 6.63. The number of nitrogens with one attached hydrogen (secondary N) is 1. The largest absolute Gasteiger partial charge is 0.416 e. The molecule has 15 heteroatoms. The Morgan fingerprint density at radius 3 is 2.14 bits per heavy atom. The highest BCUT2D eigenvalue weighted by atomic mass is 32.2. The van der Waals surface area contributed by atoms with Crippen molar-refractivity contribution in [2.75, 3.05) is 55.4 Å². The zero-order chi connectivity index (χ0) is 26.1. The minimum Gasteiger partial charge on any atom is -0.378 e. The standard InChI is InChI=1S/C21H26F3N7O4S/c1-36(33,34)29-16-2-4-30(5-3-16)19-26-18(27-20(28-19)31-6-8-35-9-7-31)14-10-13(17(25)32)11-15(12-14)21(22,23)24/h10-12,16,29H,2-9H2,1H3,(H2,25,32). The van der Waals surface area contributed by atoms with E-state index in [2.05, 4.69) is 19.7 Å². The van der Waals surface area contributed by atoms with E-state index < -0.39 is 27.7 Å².